The molecule has 1 atom stereocenters. The van der Waals surface area contributed by atoms with E-state index in [0.717, 1.165) is 17.5 Å². The van der Waals surface area contributed by atoms with Crippen LogP contribution in [0, 0.1) is 0 Å². The monoisotopic (exact) mass is 257 g/mol. The number of ether oxygens (including phenoxy) is 1. The van der Waals surface area contributed by atoms with Crippen molar-refractivity contribution in [3.63, 3.8) is 0 Å². The fourth-order valence-electron chi connectivity index (χ4n) is 1.66. The van der Waals surface area contributed by atoms with Gasteiger partial charge in [-0.1, -0.05) is 18.7 Å². The molecule has 0 saturated heterocycles. The highest BCUT2D eigenvalue weighted by Gasteiger charge is 2.28. The number of aromatic nitrogens is 4. The van der Waals surface area contributed by atoms with Gasteiger partial charge in [-0.15, -0.1) is 5.10 Å². The Kier molecular flexibility index (Phi) is 4.75. The van der Waals surface area contributed by atoms with Crippen LogP contribution >= 0.6 is 11.8 Å². The fraction of sp³-hybridized carbons (Fsp3) is 0.900. The van der Waals surface area contributed by atoms with Crippen molar-refractivity contribution in [1.82, 2.24) is 25.5 Å². The largest absolute Gasteiger partial charge is 0.383 e. The first-order valence-electron chi connectivity index (χ1n) is 5.98. The second kappa shape index (κ2) is 6.32. The number of tetrazole rings is 1. The molecule has 0 aromatic carbocycles. The van der Waals surface area contributed by atoms with Gasteiger partial charge in [-0.25, -0.2) is 4.68 Å². The van der Waals surface area contributed by atoms with Crippen molar-refractivity contribution in [2.24, 2.45) is 0 Å². The zero-order valence-electron chi connectivity index (χ0n) is 10.3. The molecule has 0 amide bonds. The van der Waals surface area contributed by atoms with E-state index in [4.69, 9.17) is 4.74 Å². The maximum Gasteiger partial charge on any atom is 0.209 e. The van der Waals surface area contributed by atoms with Crippen LogP contribution in [0.1, 0.15) is 25.8 Å². The van der Waals surface area contributed by atoms with E-state index in [0.29, 0.717) is 18.7 Å². The van der Waals surface area contributed by atoms with E-state index in [1.54, 1.807) is 18.9 Å². The molecule has 7 heteroatoms. The Morgan fingerprint density at radius 1 is 1.59 bits per heavy atom. The molecular weight excluding hydrogens is 238 g/mol. The first-order valence-corrected chi connectivity index (χ1v) is 6.96. The van der Waals surface area contributed by atoms with Gasteiger partial charge in [0.2, 0.25) is 5.16 Å². The predicted molar refractivity (Wildman–Crippen MR) is 66.2 cm³/mol. The molecule has 1 N–H and O–H groups in total. The number of methoxy groups -OCH3 is 1. The van der Waals surface area contributed by atoms with E-state index in [9.17, 15) is 0 Å². The van der Waals surface area contributed by atoms with E-state index in [-0.39, 0.29) is 0 Å². The highest BCUT2D eigenvalue weighted by molar-refractivity contribution is 7.99. The summed E-state index contributed by atoms with van der Waals surface area (Å²) in [6.07, 6.45) is 2.40. The zero-order chi connectivity index (χ0) is 12.1. The van der Waals surface area contributed by atoms with Crippen molar-refractivity contribution in [1.29, 1.82) is 0 Å². The molecule has 1 unspecified atom stereocenters. The van der Waals surface area contributed by atoms with Crippen molar-refractivity contribution < 1.29 is 4.74 Å². The summed E-state index contributed by atoms with van der Waals surface area (Å²) in [5.41, 5.74) is 0. The Hall–Kier alpha value is -0.660. The summed E-state index contributed by atoms with van der Waals surface area (Å²) >= 11 is 1.69. The third kappa shape index (κ3) is 3.65. The van der Waals surface area contributed by atoms with Crippen LogP contribution in [0.4, 0.5) is 0 Å². The first-order chi connectivity index (χ1) is 8.35. The smallest absolute Gasteiger partial charge is 0.209 e. The van der Waals surface area contributed by atoms with E-state index in [1.165, 1.54) is 12.8 Å². The molecule has 1 aliphatic carbocycles. The molecule has 1 aromatic rings. The summed E-state index contributed by atoms with van der Waals surface area (Å²) in [7, 11) is 1.73. The van der Waals surface area contributed by atoms with E-state index in [2.05, 4.69) is 27.8 Å². The van der Waals surface area contributed by atoms with Crippen LogP contribution in [0.25, 0.3) is 0 Å². The summed E-state index contributed by atoms with van der Waals surface area (Å²) < 4.78 is 7.13. The molecule has 6 nitrogen and oxygen atoms in total. The van der Waals surface area contributed by atoms with Crippen LogP contribution in [0.3, 0.4) is 0 Å². The molecular formula is C10H19N5OS. The van der Waals surface area contributed by atoms with E-state index in [1.807, 2.05) is 4.68 Å². The van der Waals surface area contributed by atoms with Crippen LogP contribution in [0.5, 0.6) is 0 Å². The summed E-state index contributed by atoms with van der Waals surface area (Å²) in [6.45, 7) is 3.76. The minimum atomic E-state index is 0.347. The Morgan fingerprint density at radius 3 is 3.06 bits per heavy atom. The minimum absolute atomic E-state index is 0.347. The molecule has 1 aliphatic rings. The molecule has 17 heavy (non-hydrogen) atoms. The van der Waals surface area contributed by atoms with Gasteiger partial charge in [0.1, 0.15) is 0 Å². The molecule has 2 rings (SSSR count). The van der Waals surface area contributed by atoms with Gasteiger partial charge in [0.05, 0.1) is 12.6 Å². The molecule has 0 spiro atoms. The lowest BCUT2D eigenvalue weighted by molar-refractivity contribution is 0.174. The Bertz CT molecular complexity index is 335. The van der Waals surface area contributed by atoms with Crippen molar-refractivity contribution in [3.8, 4) is 0 Å². The fourth-order valence-corrected chi connectivity index (χ4v) is 2.64. The highest BCUT2D eigenvalue weighted by Crippen LogP contribution is 2.36. The van der Waals surface area contributed by atoms with Crippen molar-refractivity contribution in [3.05, 3.63) is 0 Å². The number of thioether (sulfide) groups is 1. The van der Waals surface area contributed by atoms with Gasteiger partial charge in [-0.05, 0) is 29.8 Å². The summed E-state index contributed by atoms with van der Waals surface area (Å²) in [5.74, 6) is 0.925. The third-order valence-electron chi connectivity index (χ3n) is 2.63. The number of hydrogen-bond donors (Lipinski definition) is 1. The maximum atomic E-state index is 5.18. The molecule has 0 aliphatic heterocycles. The van der Waals surface area contributed by atoms with Crippen LogP contribution in [0.2, 0.25) is 0 Å². The number of hydrogen-bond acceptors (Lipinski definition) is 6. The van der Waals surface area contributed by atoms with Gasteiger partial charge in [-0.3, -0.25) is 0 Å². The number of likely N-dealkylation sites (N-methyl/N-ethyl adjacent to an activating group) is 1. The lowest BCUT2D eigenvalue weighted by atomic mass is 10.3. The van der Waals surface area contributed by atoms with E-state index < -0.39 is 0 Å². The van der Waals surface area contributed by atoms with Crippen LogP contribution in [-0.2, 0) is 4.74 Å². The van der Waals surface area contributed by atoms with Crippen molar-refractivity contribution in [2.75, 3.05) is 26.0 Å². The van der Waals surface area contributed by atoms with Gasteiger partial charge >= 0.3 is 0 Å². The van der Waals surface area contributed by atoms with Gasteiger partial charge in [0.15, 0.2) is 0 Å². The predicted octanol–water partition coefficient (Wildman–Crippen LogP) is 0.725. The lowest BCUT2D eigenvalue weighted by Crippen LogP contribution is -2.35. The average molecular weight is 257 g/mol. The maximum absolute atomic E-state index is 5.18. The number of nitrogens with one attached hydrogen (secondary N) is 1. The number of rotatable bonds is 8. The standard InChI is InChI=1S/C10H19N5OS/c1-3-11-8(6-16-2)7-17-10-12-13-14-15(10)9-4-5-9/h8-9,11H,3-7H2,1-2H3. The minimum Gasteiger partial charge on any atom is -0.383 e. The third-order valence-corrected chi connectivity index (χ3v) is 3.73. The van der Waals surface area contributed by atoms with Crippen molar-refractivity contribution in [2.45, 2.75) is 37.0 Å². The summed E-state index contributed by atoms with van der Waals surface area (Å²) in [5, 5.41) is 16.2. The number of nitrogens with zero attached hydrogens (tertiary/aromatic N) is 4. The first kappa shape index (κ1) is 12.8. The summed E-state index contributed by atoms with van der Waals surface area (Å²) in [6, 6.07) is 0.881. The second-order valence-electron chi connectivity index (χ2n) is 4.16. The molecule has 1 heterocycles. The van der Waals surface area contributed by atoms with E-state index >= 15 is 0 Å². The zero-order valence-corrected chi connectivity index (χ0v) is 11.1. The normalized spacial score (nSPS) is 17.3. The van der Waals surface area contributed by atoms with Crippen LogP contribution in [0.15, 0.2) is 5.16 Å². The molecule has 96 valence electrons. The second-order valence-corrected chi connectivity index (χ2v) is 5.15. The highest BCUT2D eigenvalue weighted by atomic mass is 32.2. The SMILES string of the molecule is CCNC(COC)CSc1nnnn1C1CC1. The molecule has 1 fully saturated rings. The molecule has 0 bridgehead atoms. The Balaban J connectivity index is 1.84. The van der Waals surface area contributed by atoms with Crippen LogP contribution in [-0.4, -0.2) is 52.3 Å². The topological polar surface area (TPSA) is 64.9 Å². The molecule has 1 aromatic heterocycles. The molecule has 1 saturated carbocycles. The van der Waals surface area contributed by atoms with Gasteiger partial charge in [-0.2, -0.15) is 0 Å². The quantitative estimate of drug-likeness (QED) is 0.692. The van der Waals surface area contributed by atoms with Gasteiger partial charge in [0, 0.05) is 18.9 Å². The Labute approximate surface area is 105 Å². The lowest BCUT2D eigenvalue weighted by Gasteiger charge is -2.15. The van der Waals surface area contributed by atoms with Crippen molar-refractivity contribution >= 4 is 11.8 Å². The average Bonchev–Trinajstić information content (AvgIpc) is 3.06. The Morgan fingerprint density at radius 2 is 2.41 bits per heavy atom. The van der Waals surface area contributed by atoms with Crippen LogP contribution < -0.4 is 5.32 Å². The van der Waals surface area contributed by atoms with Gasteiger partial charge < -0.3 is 10.1 Å². The van der Waals surface area contributed by atoms with Gasteiger partial charge in [0.25, 0.3) is 0 Å². The molecule has 0 radical (unpaired) electrons. The summed E-state index contributed by atoms with van der Waals surface area (Å²) in [4.78, 5) is 0.